The van der Waals surface area contributed by atoms with Crippen LogP contribution in [0.15, 0.2) is 24.3 Å². The predicted molar refractivity (Wildman–Crippen MR) is 76.9 cm³/mol. The fourth-order valence-corrected chi connectivity index (χ4v) is 2.18. The maximum atomic E-state index is 12.5. The molecule has 0 aliphatic rings. The van der Waals surface area contributed by atoms with Gasteiger partial charge in [0.15, 0.2) is 0 Å². The predicted octanol–water partition coefficient (Wildman–Crippen LogP) is 4.09. The van der Waals surface area contributed by atoms with Crippen molar-refractivity contribution in [1.29, 1.82) is 0 Å². The number of likely N-dealkylation sites (N-methyl/N-ethyl adjacent to an activating group) is 1. The van der Waals surface area contributed by atoms with Crippen molar-refractivity contribution in [2.45, 2.75) is 32.5 Å². The summed E-state index contributed by atoms with van der Waals surface area (Å²) < 4.78 is 37.5. The number of nitrogens with one attached hydrogen (secondary N) is 1. The fraction of sp³-hybridized carbons (Fsp3) is 0.600. The molecule has 0 saturated heterocycles. The van der Waals surface area contributed by atoms with Crippen molar-refractivity contribution in [2.24, 2.45) is 5.92 Å². The van der Waals surface area contributed by atoms with Gasteiger partial charge in [-0.1, -0.05) is 13.8 Å². The highest BCUT2D eigenvalue weighted by molar-refractivity contribution is 5.46. The van der Waals surface area contributed by atoms with Crippen LogP contribution in [0, 0.1) is 5.92 Å². The number of hydrogen-bond acceptors (Lipinski definition) is 2. The van der Waals surface area contributed by atoms with E-state index < -0.39 is 11.7 Å². The van der Waals surface area contributed by atoms with Gasteiger partial charge in [0.25, 0.3) is 0 Å². The molecule has 0 amide bonds. The molecule has 20 heavy (non-hydrogen) atoms. The average Bonchev–Trinajstić information content (AvgIpc) is 2.26. The van der Waals surface area contributed by atoms with Gasteiger partial charge in [-0.2, -0.15) is 13.2 Å². The molecule has 0 aliphatic heterocycles. The minimum atomic E-state index is -4.28. The van der Waals surface area contributed by atoms with E-state index in [4.69, 9.17) is 0 Å². The molecule has 0 saturated carbocycles. The standard InChI is InChI=1S/C15H23F3N2/c1-11(2)9-14(10-20(3)4)19-13-7-5-12(6-8-13)15(16,17)18/h5-8,11,14,19H,9-10H2,1-4H3. The molecule has 1 aromatic rings. The van der Waals surface area contributed by atoms with Gasteiger partial charge in [0.05, 0.1) is 5.56 Å². The molecule has 0 bridgehead atoms. The largest absolute Gasteiger partial charge is 0.416 e. The van der Waals surface area contributed by atoms with E-state index in [1.54, 1.807) is 0 Å². The number of nitrogens with zero attached hydrogens (tertiary/aromatic N) is 1. The lowest BCUT2D eigenvalue weighted by molar-refractivity contribution is -0.137. The summed E-state index contributed by atoms with van der Waals surface area (Å²) in [5.74, 6) is 0.530. The molecule has 1 N–H and O–H groups in total. The van der Waals surface area contributed by atoms with Crippen molar-refractivity contribution in [3.63, 3.8) is 0 Å². The van der Waals surface area contributed by atoms with Crippen molar-refractivity contribution in [1.82, 2.24) is 4.90 Å². The Morgan fingerprint density at radius 1 is 1.10 bits per heavy atom. The molecule has 0 aromatic heterocycles. The summed E-state index contributed by atoms with van der Waals surface area (Å²) in [4.78, 5) is 2.07. The third-order valence-corrected chi connectivity index (χ3v) is 2.92. The van der Waals surface area contributed by atoms with Crippen LogP contribution >= 0.6 is 0 Å². The lowest BCUT2D eigenvalue weighted by Gasteiger charge is -2.25. The maximum absolute atomic E-state index is 12.5. The first-order chi connectivity index (χ1) is 9.18. The first kappa shape index (κ1) is 16.8. The number of halogens is 3. The molecule has 1 unspecified atom stereocenters. The molecule has 0 fully saturated rings. The summed E-state index contributed by atoms with van der Waals surface area (Å²) in [7, 11) is 3.98. The SMILES string of the molecule is CC(C)CC(CN(C)C)Nc1ccc(C(F)(F)F)cc1. The Morgan fingerprint density at radius 2 is 1.65 bits per heavy atom. The van der Waals surface area contributed by atoms with Gasteiger partial charge in [-0.25, -0.2) is 0 Å². The highest BCUT2D eigenvalue weighted by Gasteiger charge is 2.30. The zero-order valence-electron chi connectivity index (χ0n) is 12.5. The van der Waals surface area contributed by atoms with Gasteiger partial charge in [0, 0.05) is 18.3 Å². The molecule has 114 valence electrons. The lowest BCUT2D eigenvalue weighted by Crippen LogP contribution is -2.33. The Balaban J connectivity index is 2.73. The van der Waals surface area contributed by atoms with Gasteiger partial charge in [-0.05, 0) is 50.7 Å². The van der Waals surface area contributed by atoms with Crippen molar-refractivity contribution in [3.05, 3.63) is 29.8 Å². The topological polar surface area (TPSA) is 15.3 Å². The van der Waals surface area contributed by atoms with E-state index >= 15 is 0 Å². The zero-order chi connectivity index (χ0) is 15.3. The second kappa shape index (κ2) is 6.97. The Hall–Kier alpha value is -1.23. The minimum absolute atomic E-state index is 0.224. The molecular formula is C15H23F3N2. The summed E-state index contributed by atoms with van der Waals surface area (Å²) in [6, 6.07) is 5.44. The molecular weight excluding hydrogens is 265 g/mol. The van der Waals surface area contributed by atoms with E-state index in [1.807, 2.05) is 14.1 Å². The molecule has 0 aliphatic carbocycles. The van der Waals surface area contributed by atoms with E-state index in [9.17, 15) is 13.2 Å². The quantitative estimate of drug-likeness (QED) is 0.848. The van der Waals surface area contributed by atoms with Gasteiger partial charge in [0.2, 0.25) is 0 Å². The number of anilines is 1. The molecule has 1 atom stereocenters. The van der Waals surface area contributed by atoms with Crippen molar-refractivity contribution in [3.8, 4) is 0 Å². The molecule has 2 nitrogen and oxygen atoms in total. The van der Waals surface area contributed by atoms with Crippen molar-refractivity contribution in [2.75, 3.05) is 26.0 Å². The summed E-state index contributed by atoms with van der Waals surface area (Å²) in [5.41, 5.74) is 0.113. The first-order valence-electron chi connectivity index (χ1n) is 6.77. The van der Waals surface area contributed by atoms with Crippen LogP contribution in [0.1, 0.15) is 25.8 Å². The smallest absolute Gasteiger partial charge is 0.381 e. The maximum Gasteiger partial charge on any atom is 0.416 e. The Kier molecular flexibility index (Phi) is 5.87. The van der Waals surface area contributed by atoms with Crippen LogP contribution in [0.5, 0.6) is 0 Å². The Labute approximate surface area is 119 Å². The van der Waals surface area contributed by atoms with Crippen LogP contribution < -0.4 is 5.32 Å². The number of rotatable bonds is 6. The molecule has 5 heteroatoms. The van der Waals surface area contributed by atoms with Gasteiger partial charge in [0.1, 0.15) is 0 Å². The van der Waals surface area contributed by atoms with Crippen LogP contribution in [0.25, 0.3) is 0 Å². The molecule has 0 spiro atoms. The highest BCUT2D eigenvalue weighted by atomic mass is 19.4. The van der Waals surface area contributed by atoms with Crippen LogP contribution in [0.3, 0.4) is 0 Å². The molecule has 0 radical (unpaired) electrons. The van der Waals surface area contributed by atoms with E-state index in [-0.39, 0.29) is 6.04 Å². The first-order valence-corrected chi connectivity index (χ1v) is 6.77. The van der Waals surface area contributed by atoms with E-state index in [1.165, 1.54) is 12.1 Å². The summed E-state index contributed by atoms with van der Waals surface area (Å²) in [6.45, 7) is 5.12. The lowest BCUT2D eigenvalue weighted by atomic mass is 10.0. The second-order valence-electron chi connectivity index (χ2n) is 5.81. The third-order valence-electron chi connectivity index (χ3n) is 2.92. The fourth-order valence-electron chi connectivity index (χ4n) is 2.18. The summed E-state index contributed by atoms with van der Waals surface area (Å²) in [6.07, 6.45) is -3.31. The Morgan fingerprint density at radius 3 is 2.05 bits per heavy atom. The van der Waals surface area contributed by atoms with Crippen LogP contribution in [0.2, 0.25) is 0 Å². The van der Waals surface area contributed by atoms with Crippen molar-refractivity contribution < 1.29 is 13.2 Å². The van der Waals surface area contributed by atoms with Gasteiger partial charge < -0.3 is 10.2 Å². The number of alkyl halides is 3. The zero-order valence-corrected chi connectivity index (χ0v) is 12.5. The summed E-state index contributed by atoms with van der Waals surface area (Å²) in [5, 5.41) is 3.31. The normalized spacial score (nSPS) is 13.8. The van der Waals surface area contributed by atoms with Gasteiger partial charge in [-0.3, -0.25) is 0 Å². The Bertz CT molecular complexity index is 387. The van der Waals surface area contributed by atoms with Gasteiger partial charge >= 0.3 is 6.18 Å². The highest BCUT2D eigenvalue weighted by Crippen LogP contribution is 2.30. The van der Waals surface area contributed by atoms with Crippen LogP contribution in [-0.4, -0.2) is 31.6 Å². The van der Waals surface area contributed by atoms with Gasteiger partial charge in [-0.15, -0.1) is 0 Å². The summed E-state index contributed by atoms with van der Waals surface area (Å²) >= 11 is 0. The number of hydrogen-bond donors (Lipinski definition) is 1. The average molecular weight is 288 g/mol. The van der Waals surface area contributed by atoms with Crippen molar-refractivity contribution >= 4 is 5.69 Å². The van der Waals surface area contributed by atoms with Crippen LogP contribution in [-0.2, 0) is 6.18 Å². The van der Waals surface area contributed by atoms with Crippen LogP contribution in [0.4, 0.5) is 18.9 Å². The third kappa shape index (κ3) is 5.82. The molecule has 1 rings (SSSR count). The molecule has 0 heterocycles. The second-order valence-corrected chi connectivity index (χ2v) is 5.81. The number of benzene rings is 1. The van der Waals surface area contributed by atoms with E-state index in [2.05, 4.69) is 24.1 Å². The van der Waals surface area contributed by atoms with E-state index in [0.29, 0.717) is 5.92 Å². The molecule has 1 aromatic carbocycles. The van der Waals surface area contributed by atoms with E-state index in [0.717, 1.165) is 30.8 Å². The minimum Gasteiger partial charge on any atom is -0.381 e. The monoisotopic (exact) mass is 288 g/mol.